The van der Waals surface area contributed by atoms with Crippen LogP contribution in [0.1, 0.15) is 35.0 Å². The molecule has 2 aliphatic rings. The fourth-order valence-electron chi connectivity index (χ4n) is 3.83. The van der Waals surface area contributed by atoms with Gasteiger partial charge in [0.1, 0.15) is 0 Å². The molecule has 2 fully saturated rings. The van der Waals surface area contributed by atoms with Crippen molar-refractivity contribution in [2.24, 2.45) is 5.92 Å². The Bertz CT molecular complexity index is 777. The van der Waals surface area contributed by atoms with Crippen LogP contribution in [0.2, 0.25) is 0 Å². The lowest BCUT2D eigenvalue weighted by atomic mass is 9.76. The number of likely N-dealkylation sites (tertiary alicyclic amines) is 1. The Kier molecular flexibility index (Phi) is 5.58. The molecule has 2 saturated heterocycles. The highest BCUT2D eigenvalue weighted by atomic mass is 32.2. The number of ketones is 1. The minimum atomic E-state index is -3.46. The van der Waals surface area contributed by atoms with Crippen molar-refractivity contribution in [1.29, 1.82) is 0 Å². The van der Waals surface area contributed by atoms with Crippen molar-refractivity contribution in [3.05, 3.63) is 21.9 Å². The van der Waals surface area contributed by atoms with E-state index in [-0.39, 0.29) is 11.7 Å². The molecule has 9 heteroatoms. The van der Waals surface area contributed by atoms with E-state index in [9.17, 15) is 18.3 Å². The summed E-state index contributed by atoms with van der Waals surface area (Å²) in [5, 5.41) is 13.0. The van der Waals surface area contributed by atoms with Gasteiger partial charge in [0.05, 0.1) is 10.5 Å². The molecule has 2 atom stereocenters. The van der Waals surface area contributed by atoms with Gasteiger partial charge in [-0.15, -0.1) is 11.3 Å². The lowest BCUT2D eigenvalue weighted by molar-refractivity contribution is -0.103. The molecule has 0 radical (unpaired) electrons. The minimum Gasteiger partial charge on any atom is -0.389 e. The number of piperidine rings is 2. The summed E-state index contributed by atoms with van der Waals surface area (Å²) in [5.74, 6) is -0.0308. The molecule has 0 aliphatic carbocycles. The molecular formula is C17H27N3O4S2. The van der Waals surface area contributed by atoms with Crippen molar-refractivity contribution < 1.29 is 18.3 Å². The summed E-state index contributed by atoms with van der Waals surface area (Å²) in [6, 6.07) is 1.93. The molecule has 2 aliphatic heterocycles. The van der Waals surface area contributed by atoms with Gasteiger partial charge in [-0.05, 0) is 36.8 Å². The Morgan fingerprint density at radius 2 is 2.04 bits per heavy atom. The van der Waals surface area contributed by atoms with E-state index >= 15 is 0 Å². The number of fused-ring (bicyclic) bond motifs is 1. The van der Waals surface area contributed by atoms with Crippen LogP contribution >= 0.6 is 11.3 Å². The highest BCUT2D eigenvalue weighted by Gasteiger charge is 2.47. The normalized spacial score (nSPS) is 28.3. The number of hydrogen-bond donors (Lipinski definition) is 1. The van der Waals surface area contributed by atoms with Gasteiger partial charge in [-0.2, -0.15) is 17.0 Å². The number of carbonyl (C=O) groups excluding carboxylic acids is 1. The van der Waals surface area contributed by atoms with E-state index < -0.39 is 15.8 Å². The molecule has 3 heterocycles. The van der Waals surface area contributed by atoms with Crippen LogP contribution in [0.3, 0.4) is 0 Å². The first-order valence-electron chi connectivity index (χ1n) is 8.82. The smallest absolute Gasteiger partial charge is 0.281 e. The largest absolute Gasteiger partial charge is 0.389 e. The molecule has 146 valence electrons. The second kappa shape index (κ2) is 7.29. The first-order chi connectivity index (χ1) is 12.1. The average molecular weight is 402 g/mol. The molecule has 1 N–H and O–H groups in total. The summed E-state index contributed by atoms with van der Waals surface area (Å²) < 4.78 is 27.6. The van der Waals surface area contributed by atoms with Crippen LogP contribution in [0.4, 0.5) is 0 Å². The van der Waals surface area contributed by atoms with Gasteiger partial charge in [-0.25, -0.2) is 0 Å². The SMILES string of the molecule is CC(=O)c1cc(CN2CC[C@@]3(O)CCN(S(=O)(=O)N(C)C)C[C@H]3C2)cs1. The van der Waals surface area contributed by atoms with Crippen LogP contribution in [0.25, 0.3) is 0 Å². The maximum Gasteiger partial charge on any atom is 0.281 e. The van der Waals surface area contributed by atoms with Crippen LogP contribution in [0.15, 0.2) is 11.4 Å². The van der Waals surface area contributed by atoms with Gasteiger partial charge in [-0.1, -0.05) is 0 Å². The lowest BCUT2D eigenvalue weighted by Gasteiger charge is -2.50. The van der Waals surface area contributed by atoms with Gasteiger partial charge in [0.25, 0.3) is 10.2 Å². The molecule has 0 amide bonds. The molecular weight excluding hydrogens is 374 g/mol. The molecule has 0 saturated carbocycles. The van der Waals surface area contributed by atoms with Gasteiger partial charge in [0.15, 0.2) is 5.78 Å². The van der Waals surface area contributed by atoms with Crippen molar-refractivity contribution in [2.45, 2.75) is 31.9 Å². The first kappa shape index (κ1) is 19.9. The number of nitrogens with zero attached hydrogens (tertiary/aromatic N) is 3. The van der Waals surface area contributed by atoms with E-state index in [1.807, 2.05) is 11.4 Å². The van der Waals surface area contributed by atoms with Gasteiger partial charge >= 0.3 is 0 Å². The molecule has 3 rings (SSSR count). The van der Waals surface area contributed by atoms with Crippen molar-refractivity contribution in [3.8, 4) is 0 Å². The second-order valence-corrected chi connectivity index (χ2v) is 10.6. The average Bonchev–Trinajstić information content (AvgIpc) is 3.03. The lowest BCUT2D eigenvalue weighted by Crippen LogP contribution is -2.61. The second-order valence-electron chi connectivity index (χ2n) is 7.56. The summed E-state index contributed by atoms with van der Waals surface area (Å²) in [7, 11) is -0.390. The van der Waals surface area contributed by atoms with Crippen LogP contribution < -0.4 is 0 Å². The highest BCUT2D eigenvalue weighted by Crippen LogP contribution is 2.37. The predicted molar refractivity (Wildman–Crippen MR) is 101 cm³/mol. The van der Waals surface area contributed by atoms with Crippen LogP contribution in [-0.4, -0.2) is 78.7 Å². The van der Waals surface area contributed by atoms with E-state index in [1.165, 1.54) is 34.0 Å². The predicted octanol–water partition coefficient (Wildman–Crippen LogP) is 1.02. The van der Waals surface area contributed by atoms with Crippen molar-refractivity contribution in [2.75, 3.05) is 40.3 Å². The maximum atomic E-state index is 12.4. The Morgan fingerprint density at radius 3 is 2.65 bits per heavy atom. The number of Topliss-reactive ketones (excluding diaryl/α,β-unsaturated/α-hetero) is 1. The number of rotatable bonds is 5. The molecule has 0 unspecified atom stereocenters. The van der Waals surface area contributed by atoms with Crippen LogP contribution in [-0.2, 0) is 16.8 Å². The standard InChI is InChI=1S/C17H27N3O4S2/c1-13(21)16-8-14(12-25-16)9-19-6-4-17(22)5-7-20(11-15(17)10-19)26(23,24)18(2)3/h8,12,15,22H,4-7,9-11H2,1-3H3/t15-,17-/m1/s1. The van der Waals surface area contributed by atoms with E-state index in [4.69, 9.17) is 0 Å². The van der Waals surface area contributed by atoms with Crippen LogP contribution in [0, 0.1) is 5.92 Å². The Labute approximate surface area is 159 Å². The molecule has 0 spiro atoms. The molecule has 7 nitrogen and oxygen atoms in total. The number of carbonyl (C=O) groups is 1. The third-order valence-electron chi connectivity index (χ3n) is 5.51. The zero-order valence-electron chi connectivity index (χ0n) is 15.5. The third-order valence-corrected chi connectivity index (χ3v) is 8.50. The summed E-state index contributed by atoms with van der Waals surface area (Å²) >= 11 is 1.46. The van der Waals surface area contributed by atoms with Crippen molar-refractivity contribution >= 4 is 27.3 Å². The molecule has 0 aromatic carbocycles. The van der Waals surface area contributed by atoms with Gasteiger partial charge in [-0.3, -0.25) is 9.69 Å². The fraction of sp³-hybridized carbons (Fsp3) is 0.706. The minimum absolute atomic E-state index is 0.0751. The first-order valence-corrected chi connectivity index (χ1v) is 11.1. The van der Waals surface area contributed by atoms with E-state index in [2.05, 4.69) is 4.90 Å². The van der Waals surface area contributed by atoms with Gasteiger partial charge in [0, 0.05) is 52.7 Å². The maximum absolute atomic E-state index is 12.4. The Hall–Kier alpha value is -0.840. The fourth-order valence-corrected chi connectivity index (χ4v) is 5.78. The zero-order chi connectivity index (χ0) is 19.1. The molecule has 1 aromatic rings. The number of hydrogen-bond acceptors (Lipinski definition) is 6. The molecule has 0 bridgehead atoms. The third kappa shape index (κ3) is 3.88. The number of aliphatic hydroxyl groups is 1. The van der Waals surface area contributed by atoms with Crippen molar-refractivity contribution in [3.63, 3.8) is 0 Å². The van der Waals surface area contributed by atoms with E-state index in [0.29, 0.717) is 32.5 Å². The highest BCUT2D eigenvalue weighted by molar-refractivity contribution is 7.86. The molecule has 1 aromatic heterocycles. The van der Waals surface area contributed by atoms with Crippen molar-refractivity contribution in [1.82, 2.24) is 13.5 Å². The quantitative estimate of drug-likeness (QED) is 0.745. The topological polar surface area (TPSA) is 81.2 Å². The summed E-state index contributed by atoms with van der Waals surface area (Å²) in [6.45, 7) is 4.42. The summed E-state index contributed by atoms with van der Waals surface area (Å²) in [4.78, 5) is 14.5. The molecule has 26 heavy (non-hydrogen) atoms. The number of thiophene rings is 1. The summed E-state index contributed by atoms with van der Waals surface area (Å²) in [5.41, 5.74) is 0.313. The zero-order valence-corrected chi connectivity index (χ0v) is 17.1. The van der Waals surface area contributed by atoms with Gasteiger partial charge in [0.2, 0.25) is 0 Å². The summed E-state index contributed by atoms with van der Waals surface area (Å²) in [6.07, 6.45) is 1.13. The van der Waals surface area contributed by atoms with Gasteiger partial charge < -0.3 is 5.11 Å². The monoisotopic (exact) mass is 401 g/mol. The van der Waals surface area contributed by atoms with E-state index in [1.54, 1.807) is 6.92 Å². The Balaban J connectivity index is 1.68. The van der Waals surface area contributed by atoms with E-state index in [0.717, 1.165) is 23.5 Å². The Morgan fingerprint density at radius 1 is 1.35 bits per heavy atom. The van der Waals surface area contributed by atoms with Crippen LogP contribution in [0.5, 0.6) is 0 Å².